The third-order valence-electron chi connectivity index (χ3n) is 7.04. The van der Waals surface area contributed by atoms with E-state index in [-0.39, 0.29) is 6.04 Å². The van der Waals surface area contributed by atoms with Crippen LogP contribution in [0.5, 0.6) is 0 Å². The fraction of sp³-hybridized carbons (Fsp3) is 0.720. The lowest BCUT2D eigenvalue weighted by Gasteiger charge is -2.37. The van der Waals surface area contributed by atoms with Crippen molar-refractivity contribution in [3.8, 4) is 0 Å². The molecule has 2 aliphatic carbocycles. The average Bonchev–Trinajstić information content (AvgIpc) is 3.55. The minimum Gasteiger partial charge on any atom is -0.465 e. The summed E-state index contributed by atoms with van der Waals surface area (Å²) in [5.41, 5.74) is 4.23. The highest BCUT2D eigenvalue weighted by Crippen LogP contribution is 2.30. The summed E-state index contributed by atoms with van der Waals surface area (Å²) in [6.45, 7) is 12.8. The van der Waals surface area contributed by atoms with Gasteiger partial charge in [-0.3, -0.25) is 4.90 Å². The zero-order chi connectivity index (χ0) is 21.5. The Morgan fingerprint density at radius 3 is 2.20 bits per heavy atom. The average molecular weight is 416 g/mol. The molecule has 1 aromatic rings. The lowest BCUT2D eigenvalue weighted by molar-refractivity contribution is 0.182. The molecule has 4 rings (SSSR count). The van der Waals surface area contributed by atoms with E-state index in [1.165, 1.54) is 81.6 Å². The van der Waals surface area contributed by atoms with Crippen LogP contribution in [0.2, 0.25) is 0 Å². The molecule has 0 aromatic heterocycles. The van der Waals surface area contributed by atoms with Crippen molar-refractivity contribution in [2.75, 3.05) is 37.6 Å². The normalized spacial score (nSPS) is 24.7. The maximum absolute atomic E-state index is 10.3. The predicted molar refractivity (Wildman–Crippen MR) is 124 cm³/mol. The zero-order valence-electron chi connectivity index (χ0n) is 19.2. The summed E-state index contributed by atoms with van der Waals surface area (Å²) in [6.07, 6.45) is 7.70. The number of rotatable bonds is 5. The molecule has 0 atom stereocenters. The van der Waals surface area contributed by atoms with Gasteiger partial charge in [0, 0.05) is 44.5 Å². The van der Waals surface area contributed by atoms with Crippen LogP contribution in [-0.2, 0) is 0 Å². The Hall–Kier alpha value is -1.75. The molecule has 1 amide bonds. The van der Waals surface area contributed by atoms with E-state index in [4.69, 9.17) is 5.11 Å². The van der Waals surface area contributed by atoms with Crippen LogP contribution in [0.3, 0.4) is 0 Å². The van der Waals surface area contributed by atoms with Gasteiger partial charge in [-0.15, -0.1) is 0 Å². The van der Waals surface area contributed by atoms with Crippen molar-refractivity contribution in [1.82, 2.24) is 10.2 Å². The van der Waals surface area contributed by atoms with Crippen molar-refractivity contribution in [3.63, 3.8) is 0 Å². The second-order valence-corrected chi connectivity index (χ2v) is 9.60. The number of piperazine rings is 1. The van der Waals surface area contributed by atoms with Gasteiger partial charge >= 0.3 is 6.09 Å². The lowest BCUT2D eigenvalue weighted by Crippen LogP contribution is -2.47. The SMILES string of the molecule is CCC1CCC(NC(=O)O)CC1.Cc1ccc(C)c(N2CCN(CC3CC3)CC2)c1. The minimum atomic E-state index is -0.880. The number of anilines is 1. The van der Waals surface area contributed by atoms with E-state index >= 15 is 0 Å². The summed E-state index contributed by atoms with van der Waals surface area (Å²) in [5.74, 6) is 1.86. The molecule has 0 radical (unpaired) electrons. The Bertz CT molecular complexity index is 673. The fourth-order valence-corrected chi connectivity index (χ4v) is 4.79. The van der Waals surface area contributed by atoms with Gasteiger partial charge in [0.1, 0.15) is 0 Å². The summed E-state index contributed by atoms with van der Waals surface area (Å²) >= 11 is 0. The zero-order valence-corrected chi connectivity index (χ0v) is 19.2. The van der Waals surface area contributed by atoms with Gasteiger partial charge in [-0.05, 0) is 81.4 Å². The van der Waals surface area contributed by atoms with Gasteiger partial charge in [0.15, 0.2) is 0 Å². The largest absolute Gasteiger partial charge is 0.465 e. The number of carboxylic acid groups (broad SMARTS) is 1. The molecule has 1 saturated heterocycles. The Morgan fingerprint density at radius 2 is 1.63 bits per heavy atom. The van der Waals surface area contributed by atoms with E-state index in [9.17, 15) is 4.79 Å². The quantitative estimate of drug-likeness (QED) is 0.706. The highest BCUT2D eigenvalue weighted by molar-refractivity contribution is 5.64. The Morgan fingerprint density at radius 1 is 1.00 bits per heavy atom. The number of nitrogens with one attached hydrogen (secondary N) is 1. The number of benzene rings is 1. The van der Waals surface area contributed by atoms with Crippen LogP contribution < -0.4 is 10.2 Å². The smallest absolute Gasteiger partial charge is 0.404 e. The van der Waals surface area contributed by atoms with Gasteiger partial charge in [-0.1, -0.05) is 25.5 Å². The van der Waals surface area contributed by atoms with Crippen molar-refractivity contribution in [3.05, 3.63) is 29.3 Å². The van der Waals surface area contributed by atoms with Crippen LogP contribution in [0.1, 0.15) is 63.0 Å². The molecule has 3 fully saturated rings. The Balaban J connectivity index is 0.000000187. The van der Waals surface area contributed by atoms with Crippen molar-refractivity contribution in [2.24, 2.45) is 11.8 Å². The molecule has 3 aliphatic rings. The highest BCUT2D eigenvalue weighted by Gasteiger charge is 2.26. The van der Waals surface area contributed by atoms with E-state index in [2.05, 4.69) is 54.1 Å². The van der Waals surface area contributed by atoms with E-state index in [0.29, 0.717) is 0 Å². The summed E-state index contributed by atoms with van der Waals surface area (Å²) in [5, 5.41) is 11.0. The number of hydrogen-bond acceptors (Lipinski definition) is 3. The second-order valence-electron chi connectivity index (χ2n) is 9.60. The molecule has 5 heteroatoms. The molecular weight excluding hydrogens is 374 g/mol. The number of aryl methyl sites for hydroxylation is 2. The molecule has 168 valence electrons. The maximum Gasteiger partial charge on any atom is 0.404 e. The fourth-order valence-electron chi connectivity index (χ4n) is 4.79. The van der Waals surface area contributed by atoms with Crippen LogP contribution >= 0.6 is 0 Å². The molecular formula is C25H41N3O2. The first kappa shape index (κ1) is 22.9. The van der Waals surface area contributed by atoms with Crippen LogP contribution in [0.4, 0.5) is 10.5 Å². The van der Waals surface area contributed by atoms with E-state index in [0.717, 1.165) is 24.7 Å². The van der Waals surface area contributed by atoms with Gasteiger partial charge in [0.2, 0.25) is 0 Å². The molecule has 1 aromatic carbocycles. The first-order chi connectivity index (χ1) is 14.4. The standard InChI is InChI=1S/C16H24N2.C9H17NO2/c1-13-3-4-14(2)16(11-13)18-9-7-17(8-10-18)12-15-5-6-15;1-2-7-3-5-8(6-4-7)10-9(11)12/h3-4,11,15H,5-10,12H2,1-2H3;7-8,10H,2-6H2,1H3,(H,11,12). The van der Waals surface area contributed by atoms with E-state index in [1.54, 1.807) is 0 Å². The predicted octanol–water partition coefficient (Wildman–Crippen LogP) is 5.06. The summed E-state index contributed by atoms with van der Waals surface area (Å²) in [7, 11) is 0. The first-order valence-electron chi connectivity index (χ1n) is 12.0. The highest BCUT2D eigenvalue weighted by atomic mass is 16.4. The number of nitrogens with zero attached hydrogens (tertiary/aromatic N) is 2. The number of amides is 1. The molecule has 0 unspecified atom stereocenters. The Labute approximate surface area is 182 Å². The third kappa shape index (κ3) is 7.19. The topological polar surface area (TPSA) is 55.8 Å². The van der Waals surface area contributed by atoms with Gasteiger partial charge in [0.25, 0.3) is 0 Å². The molecule has 30 heavy (non-hydrogen) atoms. The summed E-state index contributed by atoms with van der Waals surface area (Å²) in [4.78, 5) is 15.5. The number of carbonyl (C=O) groups is 1. The third-order valence-corrected chi connectivity index (χ3v) is 7.04. The molecule has 2 N–H and O–H groups in total. The van der Waals surface area contributed by atoms with Crippen LogP contribution in [-0.4, -0.2) is 54.9 Å². The van der Waals surface area contributed by atoms with Crippen molar-refractivity contribution in [2.45, 2.75) is 71.8 Å². The number of hydrogen-bond donors (Lipinski definition) is 2. The molecule has 0 bridgehead atoms. The minimum absolute atomic E-state index is 0.213. The first-order valence-corrected chi connectivity index (χ1v) is 12.0. The molecule has 1 aliphatic heterocycles. The van der Waals surface area contributed by atoms with Crippen LogP contribution in [0, 0.1) is 25.7 Å². The Kier molecular flexibility index (Phi) is 8.43. The molecule has 2 saturated carbocycles. The van der Waals surface area contributed by atoms with Crippen LogP contribution in [0.15, 0.2) is 18.2 Å². The summed E-state index contributed by atoms with van der Waals surface area (Å²) < 4.78 is 0. The van der Waals surface area contributed by atoms with Crippen molar-refractivity contribution >= 4 is 11.8 Å². The van der Waals surface area contributed by atoms with Gasteiger partial charge in [0.05, 0.1) is 0 Å². The van der Waals surface area contributed by atoms with E-state index in [1.807, 2.05) is 0 Å². The van der Waals surface area contributed by atoms with Crippen molar-refractivity contribution < 1.29 is 9.90 Å². The van der Waals surface area contributed by atoms with Crippen molar-refractivity contribution in [1.29, 1.82) is 0 Å². The van der Waals surface area contributed by atoms with Gasteiger partial charge < -0.3 is 15.3 Å². The molecule has 1 heterocycles. The maximum atomic E-state index is 10.3. The monoisotopic (exact) mass is 415 g/mol. The van der Waals surface area contributed by atoms with E-state index < -0.39 is 6.09 Å². The second kappa shape index (κ2) is 11.0. The summed E-state index contributed by atoms with van der Waals surface area (Å²) in [6, 6.07) is 7.01. The van der Waals surface area contributed by atoms with Crippen LogP contribution in [0.25, 0.3) is 0 Å². The lowest BCUT2D eigenvalue weighted by atomic mass is 9.85. The van der Waals surface area contributed by atoms with Gasteiger partial charge in [-0.25, -0.2) is 4.79 Å². The molecule has 5 nitrogen and oxygen atoms in total. The molecule has 0 spiro atoms. The van der Waals surface area contributed by atoms with Gasteiger partial charge in [-0.2, -0.15) is 0 Å².